The standard InChI is InChI=1S/C13H16ClN3O3.ClH/c14-9-4-5-12(17(19)20)10(6-9)13(18)16-11-3-1-2-8(11)7-15;/h4-6,8,11H,1-3,7,15H2,(H,16,18);1H. The van der Waals surface area contributed by atoms with E-state index in [0.717, 1.165) is 19.3 Å². The number of amides is 1. The second-order valence-electron chi connectivity index (χ2n) is 4.93. The number of rotatable bonds is 4. The number of hydrogen-bond donors (Lipinski definition) is 2. The summed E-state index contributed by atoms with van der Waals surface area (Å²) in [6, 6.07) is 3.94. The van der Waals surface area contributed by atoms with Gasteiger partial charge in [-0.3, -0.25) is 14.9 Å². The number of hydrogen-bond acceptors (Lipinski definition) is 4. The predicted molar refractivity (Wildman–Crippen MR) is 83.0 cm³/mol. The normalized spacial score (nSPS) is 20.7. The van der Waals surface area contributed by atoms with Crippen molar-refractivity contribution in [1.82, 2.24) is 5.32 Å². The third-order valence-corrected chi connectivity index (χ3v) is 3.91. The summed E-state index contributed by atoms with van der Waals surface area (Å²) in [5.74, 6) is -0.234. The van der Waals surface area contributed by atoms with Crippen LogP contribution in [0.5, 0.6) is 0 Å². The minimum atomic E-state index is -0.583. The number of nitrogens with one attached hydrogen (secondary N) is 1. The van der Waals surface area contributed by atoms with E-state index in [0.29, 0.717) is 11.6 Å². The van der Waals surface area contributed by atoms with Gasteiger partial charge < -0.3 is 11.1 Å². The lowest BCUT2D eigenvalue weighted by Gasteiger charge is -2.19. The Morgan fingerprint density at radius 3 is 2.81 bits per heavy atom. The average Bonchev–Trinajstić information content (AvgIpc) is 2.85. The van der Waals surface area contributed by atoms with Crippen molar-refractivity contribution in [2.24, 2.45) is 11.7 Å². The molecule has 2 unspecified atom stereocenters. The van der Waals surface area contributed by atoms with Crippen LogP contribution < -0.4 is 11.1 Å². The van der Waals surface area contributed by atoms with Crippen LogP contribution in [0.1, 0.15) is 29.6 Å². The first kappa shape index (κ1) is 17.7. The van der Waals surface area contributed by atoms with Gasteiger partial charge in [-0.2, -0.15) is 0 Å². The highest BCUT2D eigenvalue weighted by Crippen LogP contribution is 2.27. The fraction of sp³-hybridized carbons (Fsp3) is 0.462. The van der Waals surface area contributed by atoms with Crippen LogP contribution in [0.3, 0.4) is 0 Å². The molecule has 0 bridgehead atoms. The molecule has 0 aromatic heterocycles. The molecule has 2 rings (SSSR count). The zero-order valence-corrected chi connectivity index (χ0v) is 12.8. The smallest absolute Gasteiger partial charge is 0.282 e. The fourth-order valence-electron chi connectivity index (χ4n) is 2.60. The summed E-state index contributed by atoms with van der Waals surface area (Å²) in [6.45, 7) is 0.503. The minimum Gasteiger partial charge on any atom is -0.349 e. The monoisotopic (exact) mass is 333 g/mol. The highest BCUT2D eigenvalue weighted by molar-refractivity contribution is 6.31. The minimum absolute atomic E-state index is 0. The van der Waals surface area contributed by atoms with Crippen LogP contribution in [0.25, 0.3) is 0 Å². The van der Waals surface area contributed by atoms with Crippen LogP contribution in [0.4, 0.5) is 5.69 Å². The molecule has 3 N–H and O–H groups in total. The Kier molecular flexibility index (Phi) is 6.39. The number of carbonyl (C=O) groups excluding carboxylic acids is 1. The van der Waals surface area contributed by atoms with Crippen LogP contribution >= 0.6 is 24.0 Å². The molecule has 1 aliphatic carbocycles. The van der Waals surface area contributed by atoms with E-state index in [4.69, 9.17) is 17.3 Å². The Hall–Kier alpha value is -1.37. The SMILES string of the molecule is Cl.NCC1CCCC1NC(=O)c1cc(Cl)ccc1[N+](=O)[O-]. The lowest BCUT2D eigenvalue weighted by molar-refractivity contribution is -0.385. The van der Waals surface area contributed by atoms with Crippen molar-refractivity contribution < 1.29 is 9.72 Å². The summed E-state index contributed by atoms with van der Waals surface area (Å²) < 4.78 is 0. The van der Waals surface area contributed by atoms with Crippen molar-refractivity contribution in [3.05, 3.63) is 38.9 Å². The van der Waals surface area contributed by atoms with E-state index < -0.39 is 10.8 Å². The van der Waals surface area contributed by atoms with Crippen molar-refractivity contribution in [3.8, 4) is 0 Å². The van der Waals surface area contributed by atoms with Crippen LogP contribution in [0.2, 0.25) is 5.02 Å². The molecule has 1 saturated carbocycles. The van der Waals surface area contributed by atoms with Crippen LogP contribution in [0, 0.1) is 16.0 Å². The number of nitrogens with zero attached hydrogens (tertiary/aromatic N) is 1. The number of nitro groups is 1. The largest absolute Gasteiger partial charge is 0.349 e. The van der Waals surface area contributed by atoms with E-state index in [-0.39, 0.29) is 35.6 Å². The van der Waals surface area contributed by atoms with Crippen molar-refractivity contribution in [2.45, 2.75) is 25.3 Å². The van der Waals surface area contributed by atoms with Crippen molar-refractivity contribution in [1.29, 1.82) is 0 Å². The molecule has 0 saturated heterocycles. The van der Waals surface area contributed by atoms with Gasteiger partial charge in [0.05, 0.1) is 4.92 Å². The van der Waals surface area contributed by atoms with E-state index in [2.05, 4.69) is 5.32 Å². The molecule has 0 heterocycles. The van der Waals surface area contributed by atoms with E-state index in [9.17, 15) is 14.9 Å². The highest BCUT2D eigenvalue weighted by atomic mass is 35.5. The van der Waals surface area contributed by atoms with Gasteiger partial charge in [-0.1, -0.05) is 18.0 Å². The molecule has 2 atom stereocenters. The Morgan fingerprint density at radius 2 is 2.19 bits per heavy atom. The van der Waals surface area contributed by atoms with Crippen molar-refractivity contribution in [2.75, 3.05) is 6.54 Å². The quantitative estimate of drug-likeness (QED) is 0.653. The third-order valence-electron chi connectivity index (χ3n) is 3.68. The molecule has 6 nitrogen and oxygen atoms in total. The molecule has 1 aliphatic rings. The van der Waals surface area contributed by atoms with Gasteiger partial charge in [-0.15, -0.1) is 12.4 Å². The summed E-state index contributed by atoms with van der Waals surface area (Å²) in [4.78, 5) is 22.6. The maximum atomic E-state index is 12.2. The molecule has 1 aromatic rings. The van der Waals surface area contributed by atoms with Gasteiger partial charge >= 0.3 is 0 Å². The second-order valence-corrected chi connectivity index (χ2v) is 5.36. The summed E-state index contributed by atoms with van der Waals surface area (Å²) in [5, 5.41) is 14.1. The topological polar surface area (TPSA) is 98.3 Å². The third kappa shape index (κ3) is 4.06. The van der Waals surface area contributed by atoms with E-state index in [1.165, 1.54) is 18.2 Å². The summed E-state index contributed by atoms with van der Waals surface area (Å²) in [6.07, 6.45) is 2.82. The van der Waals surface area contributed by atoms with Crippen molar-refractivity contribution in [3.63, 3.8) is 0 Å². The number of benzene rings is 1. The Labute approximate surface area is 133 Å². The highest BCUT2D eigenvalue weighted by Gasteiger charge is 2.29. The van der Waals surface area contributed by atoms with Gasteiger partial charge in [0.2, 0.25) is 0 Å². The fourth-order valence-corrected chi connectivity index (χ4v) is 2.78. The summed E-state index contributed by atoms with van der Waals surface area (Å²) >= 11 is 5.82. The molecule has 1 amide bonds. The molecular weight excluding hydrogens is 317 g/mol. The first-order valence-electron chi connectivity index (χ1n) is 6.47. The van der Waals surface area contributed by atoms with E-state index in [1.54, 1.807) is 0 Å². The molecule has 8 heteroatoms. The second kappa shape index (κ2) is 7.59. The summed E-state index contributed by atoms with van der Waals surface area (Å²) in [5.41, 5.74) is 5.41. The average molecular weight is 334 g/mol. The zero-order chi connectivity index (χ0) is 14.7. The number of nitrogens with two attached hydrogens (primary N) is 1. The lowest BCUT2D eigenvalue weighted by atomic mass is 10.0. The van der Waals surface area contributed by atoms with Gasteiger partial charge in [0, 0.05) is 17.1 Å². The van der Waals surface area contributed by atoms with Gasteiger partial charge in [0.25, 0.3) is 11.6 Å². The summed E-state index contributed by atoms with van der Waals surface area (Å²) in [7, 11) is 0. The van der Waals surface area contributed by atoms with E-state index in [1.807, 2.05) is 0 Å². The Morgan fingerprint density at radius 1 is 1.48 bits per heavy atom. The zero-order valence-electron chi connectivity index (χ0n) is 11.3. The van der Waals surface area contributed by atoms with Gasteiger partial charge in [0.1, 0.15) is 5.56 Å². The number of carbonyl (C=O) groups is 1. The molecule has 1 aromatic carbocycles. The van der Waals surface area contributed by atoms with Crippen LogP contribution in [0.15, 0.2) is 18.2 Å². The first-order chi connectivity index (χ1) is 9.52. The molecule has 1 fully saturated rings. The predicted octanol–water partition coefficient (Wildman–Crippen LogP) is 2.53. The molecule has 116 valence electrons. The van der Waals surface area contributed by atoms with E-state index >= 15 is 0 Å². The number of halogens is 2. The Balaban J connectivity index is 0.00000220. The first-order valence-corrected chi connectivity index (χ1v) is 6.85. The number of nitro benzene ring substituents is 1. The molecular formula is C13H17Cl2N3O3. The van der Waals surface area contributed by atoms with Gasteiger partial charge in [0.15, 0.2) is 0 Å². The molecule has 0 spiro atoms. The van der Waals surface area contributed by atoms with Gasteiger partial charge in [-0.05, 0) is 37.4 Å². The van der Waals surface area contributed by atoms with Crippen LogP contribution in [-0.2, 0) is 0 Å². The van der Waals surface area contributed by atoms with Crippen LogP contribution in [-0.4, -0.2) is 23.4 Å². The molecule has 0 radical (unpaired) electrons. The maximum absolute atomic E-state index is 12.2. The lowest BCUT2D eigenvalue weighted by Crippen LogP contribution is -2.40. The Bertz CT molecular complexity index is 539. The van der Waals surface area contributed by atoms with Crippen molar-refractivity contribution >= 4 is 35.6 Å². The molecule has 0 aliphatic heterocycles. The van der Waals surface area contributed by atoms with Gasteiger partial charge in [-0.25, -0.2) is 0 Å². The maximum Gasteiger partial charge on any atom is 0.282 e. The molecule has 21 heavy (non-hydrogen) atoms.